The normalized spacial score (nSPS) is 17.3. The Labute approximate surface area is 198 Å². The molecule has 1 aliphatic rings. The van der Waals surface area contributed by atoms with E-state index in [1.54, 1.807) is 6.07 Å². The molecule has 3 aromatic rings. The molecule has 0 saturated carbocycles. The van der Waals surface area contributed by atoms with E-state index in [1.165, 1.54) is 40.7 Å². The molecule has 1 aliphatic carbocycles. The van der Waals surface area contributed by atoms with Crippen LogP contribution < -0.4 is 5.32 Å². The van der Waals surface area contributed by atoms with Crippen LogP contribution in [0.15, 0.2) is 52.9 Å². The quantitative estimate of drug-likeness (QED) is 0.449. The molecule has 1 aromatic heterocycles. The molecule has 0 bridgehead atoms. The summed E-state index contributed by atoms with van der Waals surface area (Å²) >= 11 is 0. The lowest BCUT2D eigenvalue weighted by molar-refractivity contribution is 0.0910. The molecule has 0 fully saturated rings. The second-order valence-corrected chi connectivity index (χ2v) is 11.1. The topological polar surface area (TPSA) is 42.2 Å². The SMILES string of the molecule is Cc1ccc(C(C)NC(=O)c2ccc(Cc3cc4c(cc3C)C(C)(C)CCC4(C)C)o2)cc1. The molecule has 33 heavy (non-hydrogen) atoms. The lowest BCUT2D eigenvalue weighted by Gasteiger charge is -2.42. The molecular formula is C30H37NO2. The van der Waals surface area contributed by atoms with Crippen molar-refractivity contribution in [3.05, 3.63) is 93.4 Å². The van der Waals surface area contributed by atoms with Gasteiger partial charge in [-0.2, -0.15) is 0 Å². The monoisotopic (exact) mass is 443 g/mol. The summed E-state index contributed by atoms with van der Waals surface area (Å²) in [6.45, 7) is 15.7. The van der Waals surface area contributed by atoms with Gasteiger partial charge in [0.15, 0.2) is 5.76 Å². The van der Waals surface area contributed by atoms with Gasteiger partial charge in [0.2, 0.25) is 0 Å². The molecule has 1 heterocycles. The van der Waals surface area contributed by atoms with Crippen LogP contribution in [0.25, 0.3) is 0 Å². The summed E-state index contributed by atoms with van der Waals surface area (Å²) in [5, 5.41) is 3.05. The standard InChI is InChI=1S/C30H37NO2/c1-19-8-10-22(11-9-19)21(3)31-28(32)27-13-12-24(33-27)17-23-18-26-25(16-20(23)2)29(4,5)14-15-30(26,6)7/h8-13,16,18,21H,14-15,17H2,1-7H3,(H,31,32). The molecule has 0 radical (unpaired) electrons. The highest BCUT2D eigenvalue weighted by atomic mass is 16.3. The van der Waals surface area contributed by atoms with Crippen molar-refractivity contribution in [2.24, 2.45) is 0 Å². The van der Waals surface area contributed by atoms with Crippen molar-refractivity contribution >= 4 is 5.91 Å². The summed E-state index contributed by atoms with van der Waals surface area (Å²) in [5.41, 5.74) is 8.16. The maximum atomic E-state index is 12.8. The van der Waals surface area contributed by atoms with E-state index in [4.69, 9.17) is 4.42 Å². The van der Waals surface area contributed by atoms with Crippen LogP contribution in [0, 0.1) is 13.8 Å². The third kappa shape index (κ3) is 4.78. The van der Waals surface area contributed by atoms with Crippen molar-refractivity contribution in [1.82, 2.24) is 5.32 Å². The van der Waals surface area contributed by atoms with Crippen molar-refractivity contribution in [1.29, 1.82) is 0 Å². The van der Waals surface area contributed by atoms with Crippen LogP contribution in [0.2, 0.25) is 0 Å². The zero-order valence-corrected chi connectivity index (χ0v) is 21.1. The van der Waals surface area contributed by atoms with Crippen LogP contribution in [-0.4, -0.2) is 5.91 Å². The van der Waals surface area contributed by atoms with Gasteiger partial charge in [0.1, 0.15) is 5.76 Å². The average Bonchev–Trinajstić information content (AvgIpc) is 3.22. The zero-order valence-electron chi connectivity index (χ0n) is 21.1. The minimum atomic E-state index is -0.181. The smallest absolute Gasteiger partial charge is 0.287 e. The minimum Gasteiger partial charge on any atom is -0.456 e. The summed E-state index contributed by atoms with van der Waals surface area (Å²) in [5.74, 6) is 1.000. The molecule has 0 aliphatic heterocycles. The predicted octanol–water partition coefficient (Wildman–Crippen LogP) is 7.33. The van der Waals surface area contributed by atoms with E-state index < -0.39 is 0 Å². The van der Waals surface area contributed by atoms with E-state index in [-0.39, 0.29) is 22.8 Å². The van der Waals surface area contributed by atoms with E-state index in [2.05, 4.69) is 83.3 Å². The molecule has 3 heteroatoms. The highest BCUT2D eigenvalue weighted by molar-refractivity contribution is 5.91. The number of furan rings is 1. The maximum Gasteiger partial charge on any atom is 0.287 e. The van der Waals surface area contributed by atoms with Crippen molar-refractivity contribution < 1.29 is 9.21 Å². The number of aryl methyl sites for hydroxylation is 2. The fourth-order valence-corrected chi connectivity index (χ4v) is 4.95. The van der Waals surface area contributed by atoms with Gasteiger partial charge in [0.05, 0.1) is 6.04 Å². The van der Waals surface area contributed by atoms with Gasteiger partial charge in [-0.3, -0.25) is 4.79 Å². The third-order valence-corrected chi connectivity index (χ3v) is 7.48. The number of carbonyl (C=O) groups is 1. The largest absolute Gasteiger partial charge is 0.456 e. The molecule has 1 atom stereocenters. The van der Waals surface area contributed by atoms with E-state index in [1.807, 2.05) is 13.0 Å². The molecule has 1 unspecified atom stereocenters. The molecule has 1 N–H and O–H groups in total. The Morgan fingerprint density at radius 3 is 2.18 bits per heavy atom. The summed E-state index contributed by atoms with van der Waals surface area (Å²) in [6.07, 6.45) is 3.10. The van der Waals surface area contributed by atoms with Crippen LogP contribution in [0.5, 0.6) is 0 Å². The lowest BCUT2D eigenvalue weighted by Crippen LogP contribution is -2.34. The van der Waals surface area contributed by atoms with Gasteiger partial charge >= 0.3 is 0 Å². The van der Waals surface area contributed by atoms with Gasteiger partial charge in [-0.05, 0) is 84.4 Å². The number of hydrogen-bond acceptors (Lipinski definition) is 2. The zero-order chi connectivity index (χ0) is 24.0. The highest BCUT2D eigenvalue weighted by Gasteiger charge is 2.37. The predicted molar refractivity (Wildman–Crippen MR) is 135 cm³/mol. The lowest BCUT2D eigenvalue weighted by atomic mass is 9.62. The molecule has 0 spiro atoms. The fraction of sp³-hybridized carbons (Fsp3) is 0.433. The first-order valence-corrected chi connectivity index (χ1v) is 12.1. The summed E-state index contributed by atoms with van der Waals surface area (Å²) < 4.78 is 5.99. The summed E-state index contributed by atoms with van der Waals surface area (Å²) in [6, 6.07) is 16.6. The minimum absolute atomic E-state index is 0.0832. The number of carbonyl (C=O) groups excluding carboxylic acids is 1. The Morgan fingerprint density at radius 1 is 0.939 bits per heavy atom. The summed E-state index contributed by atoms with van der Waals surface area (Å²) in [7, 11) is 0. The van der Waals surface area contributed by atoms with Gasteiger partial charge in [0, 0.05) is 6.42 Å². The van der Waals surface area contributed by atoms with Gasteiger partial charge in [-0.25, -0.2) is 0 Å². The molecule has 3 nitrogen and oxygen atoms in total. The Kier molecular flexibility index (Phi) is 6.03. The molecule has 1 amide bonds. The highest BCUT2D eigenvalue weighted by Crippen LogP contribution is 2.46. The second kappa shape index (κ2) is 8.52. The number of amides is 1. The molecular weight excluding hydrogens is 406 g/mol. The Morgan fingerprint density at radius 2 is 1.55 bits per heavy atom. The van der Waals surface area contributed by atoms with Crippen molar-refractivity contribution in [3.8, 4) is 0 Å². The average molecular weight is 444 g/mol. The molecule has 2 aromatic carbocycles. The molecule has 174 valence electrons. The third-order valence-electron chi connectivity index (χ3n) is 7.48. The molecule has 0 saturated heterocycles. The van der Waals surface area contributed by atoms with Crippen LogP contribution in [-0.2, 0) is 17.3 Å². The first-order chi connectivity index (χ1) is 15.5. The van der Waals surface area contributed by atoms with E-state index in [0.29, 0.717) is 12.2 Å². The number of rotatable bonds is 5. The first kappa shape index (κ1) is 23.4. The summed E-state index contributed by atoms with van der Waals surface area (Å²) in [4.78, 5) is 12.8. The van der Waals surface area contributed by atoms with Crippen LogP contribution in [0.4, 0.5) is 0 Å². The van der Waals surface area contributed by atoms with E-state index in [9.17, 15) is 4.79 Å². The number of hydrogen-bond donors (Lipinski definition) is 1. The van der Waals surface area contributed by atoms with Crippen molar-refractivity contribution in [3.63, 3.8) is 0 Å². The van der Waals surface area contributed by atoms with Gasteiger partial charge < -0.3 is 9.73 Å². The first-order valence-electron chi connectivity index (χ1n) is 12.1. The Hall–Kier alpha value is -2.81. The van der Waals surface area contributed by atoms with Gasteiger partial charge in [0.25, 0.3) is 5.91 Å². The Balaban J connectivity index is 1.52. The second-order valence-electron chi connectivity index (χ2n) is 11.1. The van der Waals surface area contributed by atoms with E-state index >= 15 is 0 Å². The van der Waals surface area contributed by atoms with Gasteiger partial charge in [-0.1, -0.05) is 69.7 Å². The van der Waals surface area contributed by atoms with E-state index in [0.717, 1.165) is 11.3 Å². The fourth-order valence-electron chi connectivity index (χ4n) is 4.95. The maximum absolute atomic E-state index is 12.8. The van der Waals surface area contributed by atoms with Crippen LogP contribution in [0.1, 0.15) is 103 Å². The van der Waals surface area contributed by atoms with Crippen molar-refractivity contribution in [2.75, 3.05) is 0 Å². The number of fused-ring (bicyclic) bond motifs is 1. The Bertz CT molecular complexity index is 1160. The van der Waals surface area contributed by atoms with Crippen LogP contribution >= 0.6 is 0 Å². The number of nitrogens with one attached hydrogen (secondary N) is 1. The number of benzene rings is 2. The molecule has 4 rings (SSSR count). The van der Waals surface area contributed by atoms with Crippen molar-refractivity contribution in [2.45, 2.75) is 84.6 Å². The van der Waals surface area contributed by atoms with Crippen LogP contribution in [0.3, 0.4) is 0 Å². The van der Waals surface area contributed by atoms with Gasteiger partial charge in [-0.15, -0.1) is 0 Å².